The Hall–Kier alpha value is -1.07. The van der Waals surface area contributed by atoms with Crippen molar-refractivity contribution in [3.63, 3.8) is 0 Å². The SMILES string of the molecule is CN(C)CCCNC(=O)CCNc1ccccc1Br. The molecule has 0 radical (unpaired) electrons. The first-order chi connectivity index (χ1) is 9.09. The summed E-state index contributed by atoms with van der Waals surface area (Å²) in [5, 5.41) is 6.16. The molecule has 0 aliphatic carbocycles. The number of rotatable bonds is 8. The van der Waals surface area contributed by atoms with Crippen molar-refractivity contribution in [1.82, 2.24) is 10.2 Å². The zero-order valence-electron chi connectivity index (χ0n) is 11.6. The molecule has 1 aromatic rings. The van der Waals surface area contributed by atoms with Crippen molar-refractivity contribution in [3.8, 4) is 0 Å². The van der Waals surface area contributed by atoms with E-state index in [2.05, 4.69) is 31.5 Å². The Morgan fingerprint density at radius 1 is 1.26 bits per heavy atom. The lowest BCUT2D eigenvalue weighted by molar-refractivity contribution is -0.120. The van der Waals surface area contributed by atoms with Crippen LogP contribution in [-0.2, 0) is 4.79 Å². The Morgan fingerprint density at radius 2 is 2.00 bits per heavy atom. The van der Waals surface area contributed by atoms with E-state index in [9.17, 15) is 4.79 Å². The van der Waals surface area contributed by atoms with Crippen LogP contribution in [0.5, 0.6) is 0 Å². The highest BCUT2D eigenvalue weighted by molar-refractivity contribution is 9.10. The van der Waals surface area contributed by atoms with Crippen LogP contribution in [0.4, 0.5) is 5.69 Å². The summed E-state index contributed by atoms with van der Waals surface area (Å²) in [6.45, 7) is 2.38. The minimum Gasteiger partial charge on any atom is -0.384 e. The van der Waals surface area contributed by atoms with Gasteiger partial charge in [0.15, 0.2) is 0 Å². The van der Waals surface area contributed by atoms with Crippen molar-refractivity contribution in [3.05, 3.63) is 28.7 Å². The zero-order chi connectivity index (χ0) is 14.1. The van der Waals surface area contributed by atoms with Crippen LogP contribution in [0.1, 0.15) is 12.8 Å². The summed E-state index contributed by atoms with van der Waals surface area (Å²) >= 11 is 3.46. The predicted molar refractivity (Wildman–Crippen MR) is 83.4 cm³/mol. The third kappa shape index (κ3) is 7.18. The molecular weight excluding hydrogens is 306 g/mol. The molecule has 0 spiro atoms. The molecule has 106 valence electrons. The van der Waals surface area contributed by atoms with Crippen molar-refractivity contribution >= 4 is 27.5 Å². The summed E-state index contributed by atoms with van der Waals surface area (Å²) in [7, 11) is 4.06. The second-order valence-electron chi connectivity index (χ2n) is 4.66. The van der Waals surface area contributed by atoms with Crippen molar-refractivity contribution in [2.45, 2.75) is 12.8 Å². The lowest BCUT2D eigenvalue weighted by Gasteiger charge is -2.10. The molecule has 0 bridgehead atoms. The van der Waals surface area contributed by atoms with Gasteiger partial charge in [-0.15, -0.1) is 0 Å². The minimum atomic E-state index is 0.0957. The van der Waals surface area contributed by atoms with Gasteiger partial charge in [-0.05, 0) is 55.1 Å². The van der Waals surface area contributed by atoms with Gasteiger partial charge in [0.1, 0.15) is 0 Å². The summed E-state index contributed by atoms with van der Waals surface area (Å²) in [4.78, 5) is 13.7. The Balaban J connectivity index is 2.12. The van der Waals surface area contributed by atoms with Crippen LogP contribution < -0.4 is 10.6 Å². The minimum absolute atomic E-state index is 0.0957. The van der Waals surface area contributed by atoms with Gasteiger partial charge in [0.2, 0.25) is 5.91 Å². The Kier molecular flexibility index (Phi) is 7.52. The van der Waals surface area contributed by atoms with Crippen molar-refractivity contribution < 1.29 is 4.79 Å². The molecule has 19 heavy (non-hydrogen) atoms. The quantitative estimate of drug-likeness (QED) is 0.720. The summed E-state index contributed by atoms with van der Waals surface area (Å²) in [5.41, 5.74) is 1.02. The Labute approximate surface area is 123 Å². The van der Waals surface area contributed by atoms with E-state index in [0.29, 0.717) is 13.0 Å². The summed E-state index contributed by atoms with van der Waals surface area (Å²) < 4.78 is 1.02. The second kappa shape index (κ2) is 8.93. The highest BCUT2D eigenvalue weighted by Crippen LogP contribution is 2.20. The average Bonchev–Trinajstić information content (AvgIpc) is 2.37. The van der Waals surface area contributed by atoms with Crippen LogP contribution in [0.2, 0.25) is 0 Å². The lowest BCUT2D eigenvalue weighted by atomic mass is 10.3. The van der Waals surface area contributed by atoms with Gasteiger partial charge in [-0.3, -0.25) is 4.79 Å². The van der Waals surface area contributed by atoms with Gasteiger partial charge >= 0.3 is 0 Å². The molecular formula is C14H22BrN3O. The number of hydrogen-bond donors (Lipinski definition) is 2. The maximum atomic E-state index is 11.6. The van der Waals surface area contributed by atoms with Gasteiger partial charge in [-0.1, -0.05) is 12.1 Å². The maximum Gasteiger partial charge on any atom is 0.221 e. The van der Waals surface area contributed by atoms with E-state index in [-0.39, 0.29) is 5.91 Å². The van der Waals surface area contributed by atoms with Crippen LogP contribution in [0.15, 0.2) is 28.7 Å². The first-order valence-corrected chi connectivity index (χ1v) is 7.28. The molecule has 0 aromatic heterocycles. The molecule has 4 nitrogen and oxygen atoms in total. The zero-order valence-corrected chi connectivity index (χ0v) is 13.2. The molecule has 0 saturated heterocycles. The van der Waals surface area contributed by atoms with Crippen molar-refractivity contribution in [2.24, 2.45) is 0 Å². The molecule has 0 atom stereocenters. The number of hydrogen-bond acceptors (Lipinski definition) is 3. The number of carbonyl (C=O) groups excluding carboxylic acids is 1. The van der Waals surface area contributed by atoms with Crippen LogP contribution in [0.3, 0.4) is 0 Å². The first kappa shape index (κ1) is 16.0. The number of halogens is 1. The largest absolute Gasteiger partial charge is 0.384 e. The Bertz CT molecular complexity index is 396. The fraction of sp³-hybridized carbons (Fsp3) is 0.500. The van der Waals surface area contributed by atoms with Crippen molar-refractivity contribution in [2.75, 3.05) is 39.0 Å². The number of nitrogens with one attached hydrogen (secondary N) is 2. The summed E-state index contributed by atoms with van der Waals surface area (Å²) in [5.74, 6) is 0.0957. The number of carbonyl (C=O) groups is 1. The molecule has 1 amide bonds. The molecule has 5 heteroatoms. The van der Waals surface area contributed by atoms with Gasteiger partial charge < -0.3 is 15.5 Å². The monoisotopic (exact) mass is 327 g/mol. The molecule has 1 rings (SSSR count). The van der Waals surface area contributed by atoms with Gasteiger partial charge in [0.25, 0.3) is 0 Å². The first-order valence-electron chi connectivity index (χ1n) is 6.49. The van der Waals surface area contributed by atoms with Gasteiger partial charge in [-0.2, -0.15) is 0 Å². The van der Waals surface area contributed by atoms with Crippen LogP contribution in [0.25, 0.3) is 0 Å². The highest BCUT2D eigenvalue weighted by atomic mass is 79.9. The van der Waals surface area contributed by atoms with Crippen LogP contribution in [0, 0.1) is 0 Å². The van der Waals surface area contributed by atoms with E-state index in [4.69, 9.17) is 0 Å². The van der Waals surface area contributed by atoms with Crippen LogP contribution in [-0.4, -0.2) is 44.5 Å². The fourth-order valence-electron chi connectivity index (χ4n) is 1.63. The van der Waals surface area contributed by atoms with Gasteiger partial charge in [-0.25, -0.2) is 0 Å². The van der Waals surface area contributed by atoms with E-state index in [1.54, 1.807) is 0 Å². The Morgan fingerprint density at radius 3 is 2.68 bits per heavy atom. The van der Waals surface area contributed by atoms with E-state index in [0.717, 1.165) is 29.7 Å². The molecule has 0 fully saturated rings. The fourth-order valence-corrected chi connectivity index (χ4v) is 2.05. The normalized spacial score (nSPS) is 10.5. The van der Waals surface area contributed by atoms with Gasteiger partial charge in [0.05, 0.1) is 0 Å². The third-order valence-electron chi connectivity index (χ3n) is 2.65. The topological polar surface area (TPSA) is 44.4 Å². The number of anilines is 1. The number of nitrogens with zero attached hydrogens (tertiary/aromatic N) is 1. The van der Waals surface area contributed by atoms with E-state index in [1.165, 1.54) is 0 Å². The van der Waals surface area contributed by atoms with E-state index >= 15 is 0 Å². The van der Waals surface area contributed by atoms with E-state index in [1.807, 2.05) is 38.4 Å². The molecule has 0 unspecified atom stereocenters. The third-order valence-corrected chi connectivity index (χ3v) is 3.34. The molecule has 1 aromatic carbocycles. The second-order valence-corrected chi connectivity index (χ2v) is 5.52. The van der Waals surface area contributed by atoms with Crippen molar-refractivity contribution in [1.29, 1.82) is 0 Å². The number of para-hydroxylation sites is 1. The average molecular weight is 328 g/mol. The smallest absolute Gasteiger partial charge is 0.221 e. The molecule has 0 saturated carbocycles. The standard InChI is InChI=1S/C14H22BrN3O/c1-18(2)11-5-9-17-14(19)8-10-16-13-7-4-3-6-12(13)15/h3-4,6-7,16H,5,8-11H2,1-2H3,(H,17,19). The number of amides is 1. The van der Waals surface area contributed by atoms with E-state index < -0.39 is 0 Å². The molecule has 0 aliphatic heterocycles. The lowest BCUT2D eigenvalue weighted by Crippen LogP contribution is -2.28. The van der Waals surface area contributed by atoms with Crippen LogP contribution >= 0.6 is 15.9 Å². The molecule has 2 N–H and O–H groups in total. The van der Waals surface area contributed by atoms with Gasteiger partial charge in [0, 0.05) is 29.7 Å². The summed E-state index contributed by atoms with van der Waals surface area (Å²) in [6, 6.07) is 7.89. The maximum absolute atomic E-state index is 11.6. The number of benzene rings is 1. The molecule has 0 aliphatic rings. The summed E-state index contributed by atoms with van der Waals surface area (Å²) in [6.07, 6.45) is 1.47. The predicted octanol–water partition coefficient (Wildman–Crippen LogP) is 2.32. The highest BCUT2D eigenvalue weighted by Gasteiger charge is 2.02. The molecule has 0 heterocycles.